The highest BCUT2D eigenvalue weighted by Crippen LogP contribution is 2.30. The van der Waals surface area contributed by atoms with Crippen molar-refractivity contribution in [3.63, 3.8) is 0 Å². The van der Waals surface area contributed by atoms with Crippen molar-refractivity contribution in [3.8, 4) is 11.3 Å². The van der Waals surface area contributed by atoms with Crippen LogP contribution in [0.5, 0.6) is 0 Å². The summed E-state index contributed by atoms with van der Waals surface area (Å²) in [4.78, 5) is 24.9. The van der Waals surface area contributed by atoms with Gasteiger partial charge in [-0.3, -0.25) is 4.79 Å². The van der Waals surface area contributed by atoms with Gasteiger partial charge in [0.2, 0.25) is 0 Å². The van der Waals surface area contributed by atoms with Crippen LogP contribution in [0, 0.1) is 0 Å². The molecule has 0 spiro atoms. The summed E-state index contributed by atoms with van der Waals surface area (Å²) < 4.78 is 11.0. The fourth-order valence-corrected chi connectivity index (χ4v) is 3.23. The third-order valence-corrected chi connectivity index (χ3v) is 4.48. The topological polar surface area (TPSA) is 59.8 Å². The van der Waals surface area contributed by atoms with Crippen LogP contribution in [0.1, 0.15) is 55.6 Å². The maximum absolute atomic E-state index is 12.3. The number of benzene rings is 1. The molecule has 1 atom stereocenters. The summed E-state index contributed by atoms with van der Waals surface area (Å²) in [6, 6.07) is 11.6. The van der Waals surface area contributed by atoms with Gasteiger partial charge >= 0.3 is 6.09 Å². The number of hydrogen-bond donors (Lipinski definition) is 0. The number of furan rings is 1. The standard InChI is InChI=1S/C21H25NO4/c1-21(2,3)26-20(24)22-12-4-5-17(13-22)15-6-8-16(9-7-15)19-11-10-18(14-23)25-19/h6-11,14,17H,4-5,12-13H2,1-3H3. The summed E-state index contributed by atoms with van der Waals surface area (Å²) in [5.74, 6) is 1.30. The summed E-state index contributed by atoms with van der Waals surface area (Å²) in [5, 5.41) is 0. The molecule has 138 valence electrons. The Balaban J connectivity index is 1.68. The minimum Gasteiger partial charge on any atom is -0.453 e. The van der Waals surface area contributed by atoms with Crippen molar-refractivity contribution in [1.82, 2.24) is 4.90 Å². The molecule has 0 aliphatic carbocycles. The van der Waals surface area contributed by atoms with E-state index in [-0.39, 0.29) is 6.09 Å². The summed E-state index contributed by atoms with van der Waals surface area (Å²) in [7, 11) is 0. The van der Waals surface area contributed by atoms with Gasteiger partial charge in [0.15, 0.2) is 12.0 Å². The third kappa shape index (κ3) is 4.34. The Morgan fingerprint density at radius 3 is 2.54 bits per heavy atom. The third-order valence-electron chi connectivity index (χ3n) is 4.48. The predicted molar refractivity (Wildman–Crippen MR) is 99.3 cm³/mol. The number of nitrogens with zero attached hydrogens (tertiary/aromatic N) is 1. The van der Waals surface area contributed by atoms with Gasteiger partial charge in [0.1, 0.15) is 11.4 Å². The maximum Gasteiger partial charge on any atom is 0.410 e. The summed E-state index contributed by atoms with van der Waals surface area (Å²) in [5.41, 5.74) is 1.65. The van der Waals surface area contributed by atoms with Crippen molar-refractivity contribution in [2.45, 2.75) is 45.1 Å². The number of aldehydes is 1. The number of amides is 1. The van der Waals surface area contributed by atoms with Crippen LogP contribution < -0.4 is 0 Å². The van der Waals surface area contributed by atoms with Gasteiger partial charge in [-0.2, -0.15) is 0 Å². The zero-order valence-corrected chi connectivity index (χ0v) is 15.5. The van der Waals surface area contributed by atoms with E-state index >= 15 is 0 Å². The van der Waals surface area contributed by atoms with E-state index in [1.54, 1.807) is 17.0 Å². The molecule has 26 heavy (non-hydrogen) atoms. The normalized spacial score (nSPS) is 17.8. The van der Waals surface area contributed by atoms with Crippen LogP contribution in [0.3, 0.4) is 0 Å². The van der Waals surface area contributed by atoms with Gasteiger partial charge in [0.25, 0.3) is 0 Å². The van der Waals surface area contributed by atoms with Crippen LogP contribution in [0.2, 0.25) is 0 Å². The van der Waals surface area contributed by atoms with Crippen LogP contribution in [0.4, 0.5) is 4.79 Å². The Morgan fingerprint density at radius 2 is 1.92 bits per heavy atom. The van der Waals surface area contributed by atoms with E-state index in [4.69, 9.17) is 9.15 Å². The lowest BCUT2D eigenvalue weighted by Gasteiger charge is -2.34. The summed E-state index contributed by atoms with van der Waals surface area (Å²) in [6.45, 7) is 7.07. The number of ether oxygens (including phenoxy) is 1. The van der Waals surface area contributed by atoms with Crippen LogP contribution >= 0.6 is 0 Å². The minimum atomic E-state index is -0.477. The van der Waals surface area contributed by atoms with E-state index in [2.05, 4.69) is 12.1 Å². The first-order valence-electron chi connectivity index (χ1n) is 8.99. The molecule has 1 fully saturated rings. The number of carbonyl (C=O) groups excluding carboxylic acids is 2. The average molecular weight is 355 g/mol. The molecule has 1 aliphatic rings. The van der Waals surface area contributed by atoms with Crippen molar-refractivity contribution in [2.24, 2.45) is 0 Å². The highest BCUT2D eigenvalue weighted by Gasteiger charge is 2.28. The number of likely N-dealkylation sites (tertiary alicyclic amines) is 1. The zero-order chi connectivity index (χ0) is 18.7. The molecule has 3 rings (SSSR count). The van der Waals surface area contributed by atoms with E-state index in [1.165, 1.54) is 5.56 Å². The fourth-order valence-electron chi connectivity index (χ4n) is 3.23. The van der Waals surface area contributed by atoms with E-state index in [0.29, 0.717) is 30.3 Å². The number of rotatable bonds is 3. The molecule has 1 aromatic carbocycles. The van der Waals surface area contributed by atoms with E-state index in [9.17, 15) is 9.59 Å². The first-order chi connectivity index (χ1) is 12.4. The highest BCUT2D eigenvalue weighted by atomic mass is 16.6. The Bertz CT molecular complexity index is 770. The quantitative estimate of drug-likeness (QED) is 0.737. The lowest BCUT2D eigenvalue weighted by Crippen LogP contribution is -2.42. The highest BCUT2D eigenvalue weighted by molar-refractivity contribution is 5.72. The first kappa shape index (κ1) is 18.2. The molecule has 0 N–H and O–H groups in total. The second kappa shape index (κ2) is 7.36. The minimum absolute atomic E-state index is 0.240. The van der Waals surface area contributed by atoms with Crippen molar-refractivity contribution in [1.29, 1.82) is 0 Å². The largest absolute Gasteiger partial charge is 0.453 e. The van der Waals surface area contributed by atoms with Crippen LogP contribution in [0.25, 0.3) is 11.3 Å². The Morgan fingerprint density at radius 1 is 1.19 bits per heavy atom. The first-order valence-corrected chi connectivity index (χ1v) is 8.99. The van der Waals surface area contributed by atoms with E-state index in [1.807, 2.05) is 32.9 Å². The van der Waals surface area contributed by atoms with Crippen molar-refractivity contribution in [3.05, 3.63) is 47.7 Å². The Labute approximate surface area is 153 Å². The summed E-state index contributed by atoms with van der Waals surface area (Å²) >= 11 is 0. The lowest BCUT2D eigenvalue weighted by atomic mass is 9.90. The van der Waals surface area contributed by atoms with Crippen LogP contribution in [-0.4, -0.2) is 36.0 Å². The Hall–Kier alpha value is -2.56. The van der Waals surface area contributed by atoms with Gasteiger partial charge in [-0.15, -0.1) is 0 Å². The molecule has 2 heterocycles. The van der Waals surface area contributed by atoms with Crippen LogP contribution in [-0.2, 0) is 4.74 Å². The smallest absolute Gasteiger partial charge is 0.410 e. The lowest BCUT2D eigenvalue weighted by molar-refractivity contribution is 0.0198. The van der Waals surface area contributed by atoms with Gasteiger partial charge in [-0.1, -0.05) is 24.3 Å². The van der Waals surface area contributed by atoms with Gasteiger partial charge in [-0.05, 0) is 51.3 Å². The molecule has 5 heteroatoms. The average Bonchev–Trinajstić information content (AvgIpc) is 3.10. The van der Waals surface area contributed by atoms with Crippen molar-refractivity contribution >= 4 is 12.4 Å². The molecule has 0 bridgehead atoms. The molecule has 1 aromatic heterocycles. The summed E-state index contributed by atoms with van der Waals surface area (Å²) in [6.07, 6.45) is 2.47. The van der Waals surface area contributed by atoms with Gasteiger partial charge in [0.05, 0.1) is 0 Å². The molecular formula is C21H25NO4. The molecule has 1 unspecified atom stereocenters. The molecule has 0 radical (unpaired) electrons. The monoisotopic (exact) mass is 355 g/mol. The second-order valence-electron chi connectivity index (χ2n) is 7.71. The molecule has 1 saturated heterocycles. The van der Waals surface area contributed by atoms with Crippen LogP contribution in [0.15, 0.2) is 40.8 Å². The predicted octanol–water partition coefficient (Wildman–Crippen LogP) is 4.87. The fraction of sp³-hybridized carbons (Fsp3) is 0.429. The van der Waals surface area contributed by atoms with E-state index in [0.717, 1.165) is 24.9 Å². The van der Waals surface area contributed by atoms with Gasteiger partial charge in [-0.25, -0.2) is 4.79 Å². The molecule has 2 aromatic rings. The molecule has 1 aliphatic heterocycles. The molecule has 0 saturated carbocycles. The van der Waals surface area contributed by atoms with Crippen molar-refractivity contribution in [2.75, 3.05) is 13.1 Å². The number of carbonyl (C=O) groups is 2. The SMILES string of the molecule is CC(C)(C)OC(=O)N1CCCC(c2ccc(-c3ccc(C=O)o3)cc2)C1. The maximum atomic E-state index is 12.3. The number of hydrogen-bond acceptors (Lipinski definition) is 4. The van der Waals surface area contributed by atoms with Crippen molar-refractivity contribution < 1.29 is 18.7 Å². The van der Waals surface area contributed by atoms with Gasteiger partial charge in [0, 0.05) is 24.6 Å². The Kier molecular flexibility index (Phi) is 5.16. The number of piperidine rings is 1. The zero-order valence-electron chi connectivity index (χ0n) is 15.5. The molecule has 1 amide bonds. The molecular weight excluding hydrogens is 330 g/mol. The van der Waals surface area contributed by atoms with Gasteiger partial charge < -0.3 is 14.1 Å². The second-order valence-corrected chi connectivity index (χ2v) is 7.71. The molecule has 5 nitrogen and oxygen atoms in total. The van der Waals surface area contributed by atoms with E-state index < -0.39 is 5.60 Å².